The monoisotopic (exact) mass is 367 g/mol. The maximum absolute atomic E-state index is 12.6. The Kier molecular flexibility index (Phi) is 4.34. The van der Waals surface area contributed by atoms with Gasteiger partial charge in [-0.2, -0.15) is 5.10 Å². The van der Waals surface area contributed by atoms with Crippen LogP contribution in [0.1, 0.15) is 30.6 Å². The summed E-state index contributed by atoms with van der Waals surface area (Å²) >= 11 is 1.33. The Morgan fingerprint density at radius 3 is 3.08 bits per heavy atom. The summed E-state index contributed by atoms with van der Waals surface area (Å²) in [6.07, 6.45) is 6.15. The number of carbonyl (C=O) groups excluding carboxylic acids is 1. The van der Waals surface area contributed by atoms with E-state index in [4.69, 9.17) is 0 Å². The molecule has 3 aromatic heterocycles. The quantitative estimate of drug-likeness (QED) is 0.765. The normalized spacial score (nSPS) is 14.0. The topological polar surface area (TPSA) is 89.8 Å². The third-order valence-corrected chi connectivity index (χ3v) is 5.18. The van der Waals surface area contributed by atoms with Crippen LogP contribution in [0.4, 0.5) is 5.13 Å². The SMILES string of the molecule is CC(C(=O)Nc1nc(-c2cccnc2)cs1)n1nc2c(cc1=O)CCC2. The van der Waals surface area contributed by atoms with Crippen LogP contribution < -0.4 is 10.9 Å². The molecule has 1 aliphatic rings. The number of thiazole rings is 1. The van der Waals surface area contributed by atoms with Crippen molar-refractivity contribution in [1.29, 1.82) is 0 Å². The van der Waals surface area contributed by atoms with Crippen LogP contribution in [-0.4, -0.2) is 25.7 Å². The van der Waals surface area contributed by atoms with Gasteiger partial charge in [-0.3, -0.25) is 14.6 Å². The van der Waals surface area contributed by atoms with Gasteiger partial charge in [-0.1, -0.05) is 0 Å². The van der Waals surface area contributed by atoms with E-state index in [0.29, 0.717) is 5.13 Å². The van der Waals surface area contributed by atoms with Crippen LogP contribution in [0.2, 0.25) is 0 Å². The van der Waals surface area contributed by atoms with Crippen LogP contribution >= 0.6 is 11.3 Å². The highest BCUT2D eigenvalue weighted by atomic mass is 32.1. The summed E-state index contributed by atoms with van der Waals surface area (Å²) in [5.74, 6) is -0.315. The molecule has 3 aromatic rings. The van der Waals surface area contributed by atoms with Crippen LogP contribution in [0.25, 0.3) is 11.3 Å². The molecule has 4 rings (SSSR count). The summed E-state index contributed by atoms with van der Waals surface area (Å²) in [5.41, 5.74) is 3.30. The molecule has 3 heterocycles. The zero-order valence-electron chi connectivity index (χ0n) is 14.2. The van der Waals surface area contributed by atoms with Crippen molar-refractivity contribution < 1.29 is 4.79 Å². The first-order chi connectivity index (χ1) is 12.6. The molecule has 0 aromatic carbocycles. The van der Waals surface area contributed by atoms with Crippen molar-refractivity contribution in [3.63, 3.8) is 0 Å². The van der Waals surface area contributed by atoms with Crippen molar-refractivity contribution >= 4 is 22.4 Å². The first kappa shape index (κ1) is 16.6. The minimum atomic E-state index is -0.709. The lowest BCUT2D eigenvalue weighted by molar-refractivity contribution is -0.119. The maximum atomic E-state index is 12.6. The molecule has 1 N–H and O–H groups in total. The van der Waals surface area contributed by atoms with Crippen LogP contribution in [0, 0.1) is 0 Å². The van der Waals surface area contributed by atoms with E-state index in [9.17, 15) is 9.59 Å². The predicted octanol–water partition coefficient (Wildman–Crippen LogP) is 2.45. The van der Waals surface area contributed by atoms with Gasteiger partial charge in [0.05, 0.1) is 11.4 Å². The third-order valence-electron chi connectivity index (χ3n) is 4.42. The molecule has 8 heteroatoms. The highest BCUT2D eigenvalue weighted by molar-refractivity contribution is 7.14. The van der Waals surface area contributed by atoms with Crippen molar-refractivity contribution in [3.05, 3.63) is 57.6 Å². The second kappa shape index (κ2) is 6.80. The molecule has 0 bridgehead atoms. The molecular weight excluding hydrogens is 350 g/mol. The van der Waals surface area contributed by atoms with E-state index in [1.165, 1.54) is 16.0 Å². The summed E-state index contributed by atoms with van der Waals surface area (Å²) in [7, 11) is 0. The molecule has 0 saturated carbocycles. The van der Waals surface area contributed by atoms with Gasteiger partial charge in [0.1, 0.15) is 6.04 Å². The fourth-order valence-corrected chi connectivity index (χ4v) is 3.71. The molecule has 0 fully saturated rings. The minimum absolute atomic E-state index is 0.247. The lowest BCUT2D eigenvalue weighted by Crippen LogP contribution is -2.33. The first-order valence-corrected chi connectivity index (χ1v) is 9.28. The summed E-state index contributed by atoms with van der Waals surface area (Å²) in [4.78, 5) is 33.3. The first-order valence-electron chi connectivity index (χ1n) is 8.40. The van der Waals surface area contributed by atoms with E-state index in [1.54, 1.807) is 25.4 Å². The van der Waals surface area contributed by atoms with Gasteiger partial charge in [-0.15, -0.1) is 11.3 Å². The van der Waals surface area contributed by atoms with Crippen molar-refractivity contribution in [2.75, 3.05) is 5.32 Å². The maximum Gasteiger partial charge on any atom is 0.267 e. The standard InChI is InChI=1S/C18H17N5O2S/c1-11(23-16(24)8-12-4-2-6-14(12)22-23)17(25)21-18-20-15(10-26-18)13-5-3-7-19-9-13/h3,5,7-11H,2,4,6H2,1H3,(H,20,21,25). The average Bonchev–Trinajstić information content (AvgIpc) is 3.30. The van der Waals surface area contributed by atoms with Crippen LogP contribution in [-0.2, 0) is 17.6 Å². The van der Waals surface area contributed by atoms with E-state index < -0.39 is 6.04 Å². The highest BCUT2D eigenvalue weighted by Crippen LogP contribution is 2.25. The van der Waals surface area contributed by atoms with Gasteiger partial charge >= 0.3 is 0 Å². The number of aryl methyl sites for hydroxylation is 2. The van der Waals surface area contributed by atoms with Crippen LogP contribution in [0.5, 0.6) is 0 Å². The number of carbonyl (C=O) groups is 1. The van der Waals surface area contributed by atoms with E-state index >= 15 is 0 Å². The van der Waals surface area contributed by atoms with Crippen molar-refractivity contribution in [2.24, 2.45) is 0 Å². The number of pyridine rings is 1. The molecule has 1 unspecified atom stereocenters. The van der Waals surface area contributed by atoms with Gasteiger partial charge in [0.25, 0.3) is 11.5 Å². The number of fused-ring (bicyclic) bond motifs is 1. The Balaban J connectivity index is 1.52. The lowest BCUT2D eigenvalue weighted by Gasteiger charge is -2.14. The molecule has 0 spiro atoms. The van der Waals surface area contributed by atoms with Gasteiger partial charge in [0.15, 0.2) is 5.13 Å². The molecular formula is C18H17N5O2S. The van der Waals surface area contributed by atoms with Gasteiger partial charge in [0, 0.05) is 29.4 Å². The molecule has 26 heavy (non-hydrogen) atoms. The Morgan fingerprint density at radius 1 is 1.38 bits per heavy atom. The number of hydrogen-bond acceptors (Lipinski definition) is 6. The number of anilines is 1. The molecule has 132 valence electrons. The Hall–Kier alpha value is -2.87. The van der Waals surface area contributed by atoms with E-state index in [0.717, 1.165) is 41.8 Å². The Labute approximate surface area is 153 Å². The summed E-state index contributed by atoms with van der Waals surface area (Å²) < 4.78 is 1.26. The van der Waals surface area contributed by atoms with E-state index in [2.05, 4.69) is 20.4 Å². The van der Waals surface area contributed by atoms with Crippen molar-refractivity contribution in [1.82, 2.24) is 19.7 Å². The smallest absolute Gasteiger partial charge is 0.267 e. The number of hydrogen-bond donors (Lipinski definition) is 1. The summed E-state index contributed by atoms with van der Waals surface area (Å²) in [5, 5.41) is 9.50. The molecule has 0 saturated heterocycles. The number of nitrogens with zero attached hydrogens (tertiary/aromatic N) is 4. The molecule has 0 aliphatic heterocycles. The van der Waals surface area contributed by atoms with Crippen molar-refractivity contribution in [2.45, 2.75) is 32.2 Å². The van der Waals surface area contributed by atoms with Gasteiger partial charge in [-0.25, -0.2) is 9.67 Å². The largest absolute Gasteiger partial charge is 0.300 e. The molecule has 7 nitrogen and oxygen atoms in total. The molecule has 1 atom stereocenters. The number of nitrogens with one attached hydrogen (secondary N) is 1. The highest BCUT2D eigenvalue weighted by Gasteiger charge is 2.22. The summed E-state index contributed by atoms with van der Waals surface area (Å²) in [6.45, 7) is 1.67. The third kappa shape index (κ3) is 3.15. The lowest BCUT2D eigenvalue weighted by atomic mass is 10.2. The van der Waals surface area contributed by atoms with Crippen molar-refractivity contribution in [3.8, 4) is 11.3 Å². The number of rotatable bonds is 4. The summed E-state index contributed by atoms with van der Waals surface area (Å²) in [6, 6.07) is 4.63. The fraction of sp³-hybridized carbons (Fsp3) is 0.278. The molecule has 1 amide bonds. The zero-order valence-corrected chi connectivity index (χ0v) is 15.0. The fourth-order valence-electron chi connectivity index (χ4n) is 2.99. The van der Waals surface area contributed by atoms with Gasteiger partial charge in [0.2, 0.25) is 0 Å². The van der Waals surface area contributed by atoms with Crippen LogP contribution in [0.3, 0.4) is 0 Å². The number of amides is 1. The Bertz CT molecular complexity index is 1010. The van der Waals surface area contributed by atoms with E-state index in [1.807, 2.05) is 17.5 Å². The Morgan fingerprint density at radius 2 is 2.27 bits per heavy atom. The number of aromatic nitrogens is 4. The van der Waals surface area contributed by atoms with Crippen LogP contribution in [0.15, 0.2) is 40.8 Å². The second-order valence-corrected chi connectivity index (χ2v) is 7.06. The molecule has 0 radical (unpaired) electrons. The zero-order chi connectivity index (χ0) is 18.1. The minimum Gasteiger partial charge on any atom is -0.300 e. The average molecular weight is 367 g/mol. The van der Waals surface area contributed by atoms with Gasteiger partial charge in [-0.05, 0) is 43.9 Å². The molecule has 1 aliphatic carbocycles. The second-order valence-electron chi connectivity index (χ2n) is 6.20. The van der Waals surface area contributed by atoms with E-state index in [-0.39, 0.29) is 11.5 Å². The van der Waals surface area contributed by atoms with Gasteiger partial charge < -0.3 is 5.32 Å². The predicted molar refractivity (Wildman–Crippen MR) is 99.2 cm³/mol.